The van der Waals surface area contributed by atoms with Crippen LogP contribution >= 0.6 is 0 Å². The molecule has 30 heavy (non-hydrogen) atoms. The molecule has 0 unspecified atom stereocenters. The largest absolute Gasteiger partial charge is 0.344 e. The summed E-state index contributed by atoms with van der Waals surface area (Å²) >= 11 is 0. The molecule has 0 saturated heterocycles. The van der Waals surface area contributed by atoms with E-state index >= 15 is 0 Å². The van der Waals surface area contributed by atoms with Gasteiger partial charge in [-0.15, -0.1) is 0 Å². The first kappa shape index (κ1) is 23.3. The fourth-order valence-corrected chi connectivity index (χ4v) is 3.35. The summed E-state index contributed by atoms with van der Waals surface area (Å²) in [5.41, 5.74) is 2.16. The second-order valence-electron chi connectivity index (χ2n) is 8.03. The van der Waals surface area contributed by atoms with E-state index < -0.39 is 12.1 Å². The van der Waals surface area contributed by atoms with E-state index in [-0.39, 0.29) is 17.7 Å². The van der Waals surface area contributed by atoms with Gasteiger partial charge in [0.25, 0.3) is 0 Å². The van der Waals surface area contributed by atoms with Gasteiger partial charge in [-0.1, -0.05) is 74.5 Å². The molecule has 2 atom stereocenters. The van der Waals surface area contributed by atoms with Gasteiger partial charge in [0.1, 0.15) is 12.3 Å². The van der Waals surface area contributed by atoms with Crippen molar-refractivity contribution in [3.05, 3.63) is 71.8 Å². The fraction of sp³-hybridized carbons (Fsp3) is 0.400. The quantitative estimate of drug-likeness (QED) is 0.528. The third-order valence-corrected chi connectivity index (χ3v) is 4.86. The van der Waals surface area contributed by atoms with E-state index in [4.69, 9.17) is 0 Å². The number of rotatable bonds is 12. The first-order valence-corrected chi connectivity index (χ1v) is 10.6. The van der Waals surface area contributed by atoms with Crippen LogP contribution in [0.3, 0.4) is 0 Å². The predicted octanol–water partition coefficient (Wildman–Crippen LogP) is 3.47. The summed E-state index contributed by atoms with van der Waals surface area (Å²) < 4.78 is 0. The van der Waals surface area contributed by atoms with E-state index in [9.17, 15) is 14.4 Å². The lowest BCUT2D eigenvalue weighted by Crippen LogP contribution is -2.51. The zero-order valence-electron chi connectivity index (χ0n) is 17.8. The molecular weight excluding hydrogens is 376 g/mol. The number of hydrogen-bond donors (Lipinski definition) is 2. The van der Waals surface area contributed by atoms with Crippen LogP contribution in [0, 0.1) is 5.92 Å². The summed E-state index contributed by atoms with van der Waals surface area (Å²) in [6, 6.07) is 18.3. The van der Waals surface area contributed by atoms with Gasteiger partial charge < -0.3 is 15.4 Å². The van der Waals surface area contributed by atoms with Crippen LogP contribution in [-0.2, 0) is 27.2 Å². The molecule has 2 amide bonds. The van der Waals surface area contributed by atoms with Gasteiger partial charge in [0.05, 0.1) is 6.04 Å². The highest BCUT2D eigenvalue weighted by Crippen LogP contribution is 2.09. The number of amides is 2. The monoisotopic (exact) mass is 408 g/mol. The number of aryl methyl sites for hydroxylation is 1. The Hall–Kier alpha value is -2.95. The number of hydrogen-bond acceptors (Lipinski definition) is 3. The SMILES string of the molecule is CC(C)C[C@H](NC(=O)CCCc1ccccc1)C(=O)N[C@H](C=O)Cc1ccccc1. The molecule has 0 aliphatic heterocycles. The first-order valence-electron chi connectivity index (χ1n) is 10.6. The topological polar surface area (TPSA) is 75.3 Å². The third kappa shape index (κ3) is 8.60. The van der Waals surface area contributed by atoms with Crippen LogP contribution in [0.1, 0.15) is 44.2 Å². The molecule has 0 radical (unpaired) electrons. The Labute approximate surface area is 179 Å². The van der Waals surface area contributed by atoms with Crippen LogP contribution in [0.25, 0.3) is 0 Å². The van der Waals surface area contributed by atoms with Crippen molar-refractivity contribution in [3.63, 3.8) is 0 Å². The highest BCUT2D eigenvalue weighted by atomic mass is 16.2. The van der Waals surface area contributed by atoms with E-state index in [1.165, 1.54) is 5.56 Å². The van der Waals surface area contributed by atoms with Crippen molar-refractivity contribution in [1.29, 1.82) is 0 Å². The molecule has 0 aliphatic carbocycles. The van der Waals surface area contributed by atoms with Crippen molar-refractivity contribution in [1.82, 2.24) is 10.6 Å². The van der Waals surface area contributed by atoms with Crippen molar-refractivity contribution in [2.45, 2.75) is 58.0 Å². The van der Waals surface area contributed by atoms with E-state index in [1.54, 1.807) is 0 Å². The van der Waals surface area contributed by atoms with Crippen LogP contribution in [-0.4, -0.2) is 30.2 Å². The van der Waals surface area contributed by atoms with Gasteiger partial charge >= 0.3 is 0 Å². The molecule has 2 aromatic carbocycles. The molecule has 5 heteroatoms. The fourth-order valence-electron chi connectivity index (χ4n) is 3.35. The number of carbonyl (C=O) groups is 3. The molecule has 2 rings (SSSR count). The highest BCUT2D eigenvalue weighted by Gasteiger charge is 2.24. The second kappa shape index (κ2) is 12.6. The van der Waals surface area contributed by atoms with E-state index in [2.05, 4.69) is 10.6 Å². The Morgan fingerprint density at radius 3 is 2.07 bits per heavy atom. The molecule has 0 spiro atoms. The Bertz CT molecular complexity index is 791. The summed E-state index contributed by atoms with van der Waals surface area (Å²) in [4.78, 5) is 36.7. The normalized spacial score (nSPS) is 12.8. The van der Waals surface area contributed by atoms with Crippen molar-refractivity contribution < 1.29 is 14.4 Å². The Morgan fingerprint density at radius 2 is 1.50 bits per heavy atom. The molecule has 0 fully saturated rings. The van der Waals surface area contributed by atoms with Crippen LogP contribution in [0.15, 0.2) is 60.7 Å². The number of benzene rings is 2. The smallest absolute Gasteiger partial charge is 0.243 e. The molecule has 0 saturated carbocycles. The summed E-state index contributed by atoms with van der Waals surface area (Å²) in [6.07, 6.45) is 3.59. The average Bonchev–Trinajstić information content (AvgIpc) is 2.74. The summed E-state index contributed by atoms with van der Waals surface area (Å²) in [7, 11) is 0. The number of aldehydes is 1. The van der Waals surface area contributed by atoms with Crippen molar-refractivity contribution in [3.8, 4) is 0 Å². The highest BCUT2D eigenvalue weighted by molar-refractivity contribution is 5.89. The van der Waals surface area contributed by atoms with E-state index in [0.717, 1.165) is 24.7 Å². The zero-order valence-corrected chi connectivity index (χ0v) is 17.8. The van der Waals surface area contributed by atoms with Crippen LogP contribution in [0.2, 0.25) is 0 Å². The maximum absolute atomic E-state index is 12.8. The van der Waals surface area contributed by atoms with Crippen LogP contribution in [0.5, 0.6) is 0 Å². The molecule has 0 bridgehead atoms. The lowest BCUT2D eigenvalue weighted by molar-refractivity contribution is -0.130. The molecule has 160 valence electrons. The Kier molecular flexibility index (Phi) is 9.78. The molecule has 0 aliphatic rings. The van der Waals surface area contributed by atoms with Gasteiger partial charge in [-0.2, -0.15) is 0 Å². The van der Waals surface area contributed by atoms with Crippen molar-refractivity contribution >= 4 is 18.1 Å². The second-order valence-corrected chi connectivity index (χ2v) is 8.03. The number of carbonyl (C=O) groups excluding carboxylic acids is 3. The minimum absolute atomic E-state index is 0.141. The van der Waals surface area contributed by atoms with Gasteiger partial charge in [-0.3, -0.25) is 9.59 Å². The lowest BCUT2D eigenvalue weighted by Gasteiger charge is -2.22. The van der Waals surface area contributed by atoms with Crippen LogP contribution < -0.4 is 10.6 Å². The minimum atomic E-state index is -0.646. The van der Waals surface area contributed by atoms with Gasteiger partial charge in [0.2, 0.25) is 11.8 Å². The lowest BCUT2D eigenvalue weighted by atomic mass is 10.0. The first-order chi connectivity index (χ1) is 14.5. The average molecular weight is 409 g/mol. The van der Waals surface area contributed by atoms with E-state index in [0.29, 0.717) is 19.3 Å². The Balaban J connectivity index is 1.88. The minimum Gasteiger partial charge on any atom is -0.344 e. The summed E-state index contributed by atoms with van der Waals surface area (Å²) in [6.45, 7) is 4.01. The van der Waals surface area contributed by atoms with E-state index in [1.807, 2.05) is 74.5 Å². The van der Waals surface area contributed by atoms with Crippen molar-refractivity contribution in [2.75, 3.05) is 0 Å². The van der Waals surface area contributed by atoms with Gasteiger partial charge in [-0.05, 0) is 42.7 Å². The maximum atomic E-state index is 12.8. The molecule has 2 N–H and O–H groups in total. The summed E-state index contributed by atoms with van der Waals surface area (Å²) in [5.74, 6) is -0.222. The summed E-state index contributed by atoms with van der Waals surface area (Å²) in [5, 5.41) is 5.65. The van der Waals surface area contributed by atoms with Crippen molar-refractivity contribution in [2.24, 2.45) is 5.92 Å². The van der Waals surface area contributed by atoms with Gasteiger partial charge in [0.15, 0.2) is 0 Å². The molecule has 0 heterocycles. The maximum Gasteiger partial charge on any atom is 0.243 e. The molecular formula is C25H32N2O3. The third-order valence-electron chi connectivity index (χ3n) is 4.86. The Morgan fingerprint density at radius 1 is 0.900 bits per heavy atom. The molecule has 0 aromatic heterocycles. The molecule has 5 nitrogen and oxygen atoms in total. The zero-order chi connectivity index (χ0) is 21.8. The van der Waals surface area contributed by atoms with Gasteiger partial charge in [0, 0.05) is 6.42 Å². The standard InChI is InChI=1S/C25H32N2O3/c1-19(2)16-23(27-24(29)15-9-14-20-10-5-3-6-11-20)25(30)26-22(18-28)17-21-12-7-4-8-13-21/h3-8,10-13,18-19,22-23H,9,14-17H2,1-2H3,(H,26,30)(H,27,29)/t22-,23-/m0/s1. The predicted molar refractivity (Wildman–Crippen MR) is 119 cm³/mol. The molecule has 2 aromatic rings. The van der Waals surface area contributed by atoms with Crippen LogP contribution in [0.4, 0.5) is 0 Å². The van der Waals surface area contributed by atoms with Gasteiger partial charge in [-0.25, -0.2) is 0 Å². The number of nitrogens with one attached hydrogen (secondary N) is 2.